The van der Waals surface area contributed by atoms with Gasteiger partial charge in [0.25, 0.3) is 0 Å². The highest BCUT2D eigenvalue weighted by Crippen LogP contribution is 2.15. The number of ether oxygens (including phenoxy) is 1. The number of piperidine rings is 1. The number of amides is 1. The first kappa shape index (κ1) is 23.8. The molecule has 0 aromatic heterocycles. The highest BCUT2D eigenvalue weighted by atomic mass is 35.5. The van der Waals surface area contributed by atoms with Crippen LogP contribution >= 0.6 is 12.4 Å². The van der Waals surface area contributed by atoms with Gasteiger partial charge in [-0.1, -0.05) is 64.0 Å². The maximum atomic E-state index is 11.9. The van der Waals surface area contributed by atoms with Crippen LogP contribution in [0.1, 0.15) is 76.7 Å². The molecule has 2 N–H and O–H groups in total. The lowest BCUT2D eigenvalue weighted by Gasteiger charge is -2.22. The van der Waals surface area contributed by atoms with Gasteiger partial charge < -0.3 is 10.1 Å². The molecule has 27 heavy (non-hydrogen) atoms. The van der Waals surface area contributed by atoms with Crippen LogP contribution in [0, 0.1) is 0 Å². The van der Waals surface area contributed by atoms with Crippen molar-refractivity contribution in [1.82, 2.24) is 5.32 Å². The van der Waals surface area contributed by atoms with E-state index >= 15 is 0 Å². The summed E-state index contributed by atoms with van der Waals surface area (Å²) in [6.07, 6.45) is 13.5. The molecule has 1 saturated heterocycles. The number of anilines is 1. The summed E-state index contributed by atoms with van der Waals surface area (Å²) in [5.41, 5.74) is 2.14. The maximum absolute atomic E-state index is 11.9. The van der Waals surface area contributed by atoms with Crippen molar-refractivity contribution < 1.29 is 9.53 Å². The van der Waals surface area contributed by atoms with E-state index in [1.807, 2.05) is 12.1 Å². The van der Waals surface area contributed by atoms with Gasteiger partial charge in [0.2, 0.25) is 0 Å². The summed E-state index contributed by atoms with van der Waals surface area (Å²) in [5.74, 6) is 0. The summed E-state index contributed by atoms with van der Waals surface area (Å²) in [4.78, 5) is 11.9. The summed E-state index contributed by atoms with van der Waals surface area (Å²) in [7, 11) is 0. The molecule has 0 saturated carbocycles. The third-order valence-corrected chi connectivity index (χ3v) is 5.04. The molecule has 0 radical (unpaired) electrons. The van der Waals surface area contributed by atoms with Crippen molar-refractivity contribution in [2.75, 3.05) is 18.4 Å². The van der Waals surface area contributed by atoms with Crippen LogP contribution in [0.25, 0.3) is 0 Å². The van der Waals surface area contributed by atoms with E-state index in [0.29, 0.717) is 0 Å². The van der Waals surface area contributed by atoms with Crippen LogP contribution in [0.3, 0.4) is 0 Å². The lowest BCUT2D eigenvalue weighted by Crippen LogP contribution is -2.37. The van der Waals surface area contributed by atoms with E-state index in [1.54, 1.807) is 0 Å². The molecule has 1 aromatic carbocycles. The highest BCUT2D eigenvalue weighted by molar-refractivity contribution is 5.85. The van der Waals surface area contributed by atoms with Crippen molar-refractivity contribution in [3.8, 4) is 0 Å². The number of hydrogen-bond donors (Lipinski definition) is 2. The second-order valence-electron chi connectivity index (χ2n) is 7.42. The van der Waals surface area contributed by atoms with Crippen LogP contribution in [0.15, 0.2) is 24.3 Å². The molecule has 0 aliphatic carbocycles. The molecule has 4 nitrogen and oxygen atoms in total. The molecule has 1 aliphatic rings. The monoisotopic (exact) mass is 396 g/mol. The van der Waals surface area contributed by atoms with Crippen molar-refractivity contribution >= 4 is 24.2 Å². The zero-order valence-corrected chi connectivity index (χ0v) is 17.6. The molecule has 154 valence electrons. The summed E-state index contributed by atoms with van der Waals surface area (Å²) >= 11 is 0. The predicted molar refractivity (Wildman–Crippen MR) is 116 cm³/mol. The van der Waals surface area contributed by atoms with Gasteiger partial charge in [-0.25, -0.2) is 4.79 Å². The number of hydrogen-bond acceptors (Lipinski definition) is 3. The Morgan fingerprint density at radius 3 is 2.37 bits per heavy atom. The van der Waals surface area contributed by atoms with Gasteiger partial charge >= 0.3 is 6.09 Å². The van der Waals surface area contributed by atoms with Gasteiger partial charge in [-0.3, -0.25) is 5.32 Å². The predicted octanol–water partition coefficient (Wildman–Crippen LogP) is 6.09. The third kappa shape index (κ3) is 10.6. The molecule has 0 unspecified atom stereocenters. The number of benzene rings is 1. The lowest BCUT2D eigenvalue weighted by molar-refractivity contribution is 0.0941. The van der Waals surface area contributed by atoms with Crippen LogP contribution in [-0.4, -0.2) is 25.3 Å². The lowest BCUT2D eigenvalue weighted by atomic mass is 10.0. The van der Waals surface area contributed by atoms with Crippen LogP contribution in [0.2, 0.25) is 0 Å². The van der Waals surface area contributed by atoms with Crippen molar-refractivity contribution in [3.63, 3.8) is 0 Å². The van der Waals surface area contributed by atoms with Crippen molar-refractivity contribution in [2.45, 2.75) is 83.7 Å². The fraction of sp³-hybridized carbons (Fsp3) is 0.682. The maximum Gasteiger partial charge on any atom is 0.411 e. The third-order valence-electron chi connectivity index (χ3n) is 5.04. The Hall–Kier alpha value is -1.26. The second kappa shape index (κ2) is 14.8. The zero-order chi connectivity index (χ0) is 18.5. The quantitative estimate of drug-likeness (QED) is 0.445. The Labute approximate surface area is 171 Å². The Bertz CT molecular complexity index is 502. The number of carbonyl (C=O) groups excluding carboxylic acids is 1. The van der Waals surface area contributed by atoms with E-state index in [2.05, 4.69) is 29.7 Å². The van der Waals surface area contributed by atoms with Crippen LogP contribution in [0.4, 0.5) is 10.5 Å². The minimum atomic E-state index is -0.352. The minimum Gasteiger partial charge on any atom is -0.445 e. The van der Waals surface area contributed by atoms with Crippen molar-refractivity contribution in [2.24, 2.45) is 0 Å². The molecule has 1 amide bonds. The average molecular weight is 397 g/mol. The molecular weight excluding hydrogens is 360 g/mol. The smallest absolute Gasteiger partial charge is 0.411 e. The summed E-state index contributed by atoms with van der Waals surface area (Å²) in [5, 5.41) is 6.08. The topological polar surface area (TPSA) is 50.4 Å². The normalized spacial score (nSPS) is 16.4. The number of carbonyl (C=O) groups is 1. The summed E-state index contributed by atoms with van der Waals surface area (Å²) < 4.78 is 5.44. The van der Waals surface area contributed by atoms with Gasteiger partial charge in [0.05, 0.1) is 0 Å². The number of unbranched alkanes of at least 4 members (excludes halogenated alkanes) is 7. The first-order valence-electron chi connectivity index (χ1n) is 10.5. The second-order valence-corrected chi connectivity index (χ2v) is 7.42. The Balaban J connectivity index is 0.00000364. The Kier molecular flexibility index (Phi) is 13.0. The number of aryl methyl sites for hydroxylation is 1. The van der Waals surface area contributed by atoms with Crippen LogP contribution in [0.5, 0.6) is 0 Å². The molecular formula is C22H37ClN2O2. The largest absolute Gasteiger partial charge is 0.445 e. The van der Waals surface area contributed by atoms with E-state index in [0.717, 1.165) is 38.0 Å². The van der Waals surface area contributed by atoms with E-state index in [9.17, 15) is 4.79 Å². The standard InChI is InChI=1S/C22H36N2O2.ClH/c1-2-3-4-5-6-7-8-9-11-19-13-15-20(16-14-19)24-22(25)26-21-12-10-17-23-18-21;/h13-16,21,23H,2-12,17-18H2,1H3,(H,24,25);1H/t21-;/m1./s1. The number of halogens is 1. The van der Waals surface area contributed by atoms with E-state index in [1.165, 1.54) is 56.9 Å². The number of rotatable bonds is 11. The fourth-order valence-electron chi connectivity index (χ4n) is 3.44. The van der Waals surface area contributed by atoms with E-state index < -0.39 is 0 Å². The zero-order valence-electron chi connectivity index (χ0n) is 16.8. The van der Waals surface area contributed by atoms with Gasteiger partial charge in [-0.15, -0.1) is 12.4 Å². The van der Waals surface area contributed by atoms with Gasteiger partial charge in [0, 0.05) is 12.2 Å². The SMILES string of the molecule is CCCCCCCCCCc1ccc(NC(=O)O[C@@H]2CCCNC2)cc1.Cl. The Morgan fingerprint density at radius 1 is 1.07 bits per heavy atom. The Morgan fingerprint density at radius 2 is 1.74 bits per heavy atom. The molecule has 1 atom stereocenters. The average Bonchev–Trinajstić information content (AvgIpc) is 2.66. The molecule has 2 rings (SSSR count). The van der Waals surface area contributed by atoms with Crippen molar-refractivity contribution in [3.05, 3.63) is 29.8 Å². The summed E-state index contributed by atoms with van der Waals surface area (Å²) in [6, 6.07) is 8.17. The van der Waals surface area contributed by atoms with Crippen molar-refractivity contribution in [1.29, 1.82) is 0 Å². The molecule has 1 aliphatic heterocycles. The van der Waals surface area contributed by atoms with Crippen LogP contribution in [-0.2, 0) is 11.2 Å². The van der Waals surface area contributed by atoms with E-state index in [-0.39, 0.29) is 24.6 Å². The molecule has 0 spiro atoms. The van der Waals surface area contributed by atoms with Crippen LogP contribution < -0.4 is 10.6 Å². The molecule has 0 bridgehead atoms. The first-order chi connectivity index (χ1) is 12.8. The number of nitrogens with one attached hydrogen (secondary N) is 2. The summed E-state index contributed by atoms with van der Waals surface area (Å²) in [6.45, 7) is 4.03. The van der Waals surface area contributed by atoms with Gasteiger partial charge in [0.15, 0.2) is 0 Å². The van der Waals surface area contributed by atoms with E-state index in [4.69, 9.17) is 4.74 Å². The molecule has 1 fully saturated rings. The first-order valence-corrected chi connectivity index (χ1v) is 10.5. The van der Waals surface area contributed by atoms with Gasteiger partial charge in [-0.05, 0) is 49.9 Å². The molecule has 5 heteroatoms. The van der Waals surface area contributed by atoms with Gasteiger partial charge in [-0.2, -0.15) is 0 Å². The molecule has 1 aromatic rings. The highest BCUT2D eigenvalue weighted by Gasteiger charge is 2.17. The fourth-order valence-corrected chi connectivity index (χ4v) is 3.44. The minimum absolute atomic E-state index is 0. The molecule has 1 heterocycles. The van der Waals surface area contributed by atoms with Gasteiger partial charge in [0.1, 0.15) is 6.10 Å².